The van der Waals surface area contributed by atoms with E-state index in [2.05, 4.69) is 28.2 Å². The van der Waals surface area contributed by atoms with E-state index in [1.54, 1.807) is 6.20 Å². The summed E-state index contributed by atoms with van der Waals surface area (Å²) in [5.74, 6) is 0. The van der Waals surface area contributed by atoms with Gasteiger partial charge in [0.05, 0.1) is 18.8 Å². The first-order valence-corrected chi connectivity index (χ1v) is 6.26. The maximum Gasteiger partial charge on any atom is 0.0897 e. The van der Waals surface area contributed by atoms with Crippen LogP contribution in [0, 0.1) is 0 Å². The van der Waals surface area contributed by atoms with Crippen molar-refractivity contribution in [2.24, 2.45) is 0 Å². The highest BCUT2D eigenvalue weighted by Crippen LogP contribution is 2.21. The molecule has 4 heteroatoms. The number of likely N-dealkylation sites (N-methyl/N-ethyl adjacent to an activating group) is 2. The van der Waals surface area contributed by atoms with Crippen LogP contribution >= 0.6 is 0 Å². The summed E-state index contributed by atoms with van der Waals surface area (Å²) in [6, 6.07) is 4.29. The van der Waals surface area contributed by atoms with Crippen LogP contribution in [0.15, 0.2) is 24.5 Å². The minimum absolute atomic E-state index is 0.206. The van der Waals surface area contributed by atoms with E-state index >= 15 is 0 Å². The molecule has 0 saturated carbocycles. The third kappa shape index (κ3) is 3.03. The fraction of sp³-hybridized carbons (Fsp3) is 0.615. The van der Waals surface area contributed by atoms with Crippen molar-refractivity contribution in [2.75, 3.05) is 33.3 Å². The molecule has 1 N–H and O–H groups in total. The smallest absolute Gasteiger partial charge is 0.0897 e. The van der Waals surface area contributed by atoms with Crippen LogP contribution in [-0.4, -0.2) is 49.3 Å². The van der Waals surface area contributed by atoms with Crippen molar-refractivity contribution in [3.63, 3.8) is 0 Å². The number of ether oxygens (including phenoxy) is 1. The van der Waals surface area contributed by atoms with Gasteiger partial charge in [0.15, 0.2) is 0 Å². The first kappa shape index (κ1) is 12.5. The van der Waals surface area contributed by atoms with Crippen LogP contribution in [0.4, 0.5) is 0 Å². The van der Waals surface area contributed by atoms with E-state index in [0.717, 1.165) is 26.2 Å². The van der Waals surface area contributed by atoms with Gasteiger partial charge < -0.3 is 10.1 Å². The van der Waals surface area contributed by atoms with Crippen LogP contribution in [0.3, 0.4) is 0 Å². The maximum absolute atomic E-state index is 5.89. The van der Waals surface area contributed by atoms with Gasteiger partial charge in [0, 0.05) is 25.5 Å². The second-order valence-corrected chi connectivity index (χ2v) is 4.36. The van der Waals surface area contributed by atoms with Crippen LogP contribution in [0.25, 0.3) is 0 Å². The summed E-state index contributed by atoms with van der Waals surface area (Å²) in [5, 5.41) is 3.34. The van der Waals surface area contributed by atoms with Gasteiger partial charge in [-0.15, -0.1) is 0 Å². The summed E-state index contributed by atoms with van der Waals surface area (Å²) in [6.45, 7) is 6.12. The summed E-state index contributed by atoms with van der Waals surface area (Å²) >= 11 is 0. The topological polar surface area (TPSA) is 37.4 Å². The highest BCUT2D eigenvalue weighted by molar-refractivity contribution is 5.15. The molecule has 94 valence electrons. The van der Waals surface area contributed by atoms with Gasteiger partial charge in [-0.1, -0.05) is 13.0 Å². The predicted molar refractivity (Wildman–Crippen MR) is 67.9 cm³/mol. The van der Waals surface area contributed by atoms with E-state index in [1.807, 2.05) is 19.3 Å². The Hall–Kier alpha value is -0.970. The Bertz CT molecular complexity index is 331. The molecule has 4 nitrogen and oxygen atoms in total. The predicted octanol–water partition coefficient (Wildman–Crippen LogP) is 1.06. The van der Waals surface area contributed by atoms with Gasteiger partial charge in [-0.05, 0) is 25.2 Å². The van der Waals surface area contributed by atoms with E-state index in [0.29, 0.717) is 0 Å². The Labute approximate surface area is 103 Å². The van der Waals surface area contributed by atoms with Gasteiger partial charge in [0.1, 0.15) is 0 Å². The lowest BCUT2D eigenvalue weighted by Crippen LogP contribution is -2.47. The number of pyridine rings is 1. The molecule has 0 spiro atoms. The standard InChI is InChI=1S/C13H21N3O/c1-3-16-7-8-17-12(10-16)13(14-2)11-5-4-6-15-9-11/h4-6,9,12-14H,3,7-8,10H2,1-2H3. The van der Waals surface area contributed by atoms with Crippen LogP contribution in [0.2, 0.25) is 0 Å². The Kier molecular flexibility index (Phi) is 4.48. The quantitative estimate of drug-likeness (QED) is 0.847. The molecule has 0 amide bonds. The molecule has 1 aromatic heterocycles. The normalized spacial score (nSPS) is 23.5. The molecule has 0 radical (unpaired) electrons. The summed E-state index contributed by atoms with van der Waals surface area (Å²) in [6.07, 6.45) is 3.92. The molecule has 2 rings (SSSR count). The van der Waals surface area contributed by atoms with Gasteiger partial charge in [0.25, 0.3) is 0 Å². The Morgan fingerprint density at radius 1 is 1.65 bits per heavy atom. The zero-order valence-corrected chi connectivity index (χ0v) is 10.6. The second kappa shape index (κ2) is 6.10. The monoisotopic (exact) mass is 235 g/mol. The van der Waals surface area contributed by atoms with Gasteiger partial charge in [-0.2, -0.15) is 0 Å². The SMILES string of the molecule is CCN1CCOC(C(NC)c2cccnc2)C1. The van der Waals surface area contributed by atoms with E-state index in [1.165, 1.54) is 5.56 Å². The highest BCUT2D eigenvalue weighted by Gasteiger charge is 2.27. The summed E-state index contributed by atoms with van der Waals surface area (Å²) < 4.78 is 5.89. The maximum atomic E-state index is 5.89. The third-order valence-electron chi connectivity index (χ3n) is 3.35. The number of nitrogens with one attached hydrogen (secondary N) is 1. The van der Waals surface area contributed by atoms with Gasteiger partial charge in [-0.3, -0.25) is 9.88 Å². The zero-order valence-electron chi connectivity index (χ0n) is 10.6. The fourth-order valence-corrected chi connectivity index (χ4v) is 2.35. The molecule has 0 aromatic carbocycles. The number of hydrogen-bond acceptors (Lipinski definition) is 4. The van der Waals surface area contributed by atoms with Crippen molar-refractivity contribution >= 4 is 0 Å². The van der Waals surface area contributed by atoms with Crippen LogP contribution in [0.1, 0.15) is 18.5 Å². The van der Waals surface area contributed by atoms with Gasteiger partial charge in [-0.25, -0.2) is 0 Å². The summed E-state index contributed by atoms with van der Waals surface area (Å²) in [4.78, 5) is 6.60. The van der Waals surface area contributed by atoms with E-state index in [-0.39, 0.29) is 12.1 Å². The minimum atomic E-state index is 0.206. The molecule has 1 aliphatic rings. The molecule has 0 aliphatic carbocycles. The molecule has 1 fully saturated rings. The highest BCUT2D eigenvalue weighted by atomic mass is 16.5. The fourth-order valence-electron chi connectivity index (χ4n) is 2.35. The first-order valence-electron chi connectivity index (χ1n) is 6.26. The molecule has 2 unspecified atom stereocenters. The lowest BCUT2D eigenvalue weighted by Gasteiger charge is -2.36. The average molecular weight is 235 g/mol. The largest absolute Gasteiger partial charge is 0.374 e. The van der Waals surface area contributed by atoms with Gasteiger partial charge >= 0.3 is 0 Å². The van der Waals surface area contributed by atoms with Crippen LogP contribution in [0.5, 0.6) is 0 Å². The van der Waals surface area contributed by atoms with Crippen molar-refractivity contribution in [1.82, 2.24) is 15.2 Å². The van der Waals surface area contributed by atoms with Crippen molar-refractivity contribution in [3.8, 4) is 0 Å². The molecular formula is C13H21N3O. The van der Waals surface area contributed by atoms with Crippen molar-refractivity contribution in [3.05, 3.63) is 30.1 Å². The third-order valence-corrected chi connectivity index (χ3v) is 3.35. The zero-order chi connectivity index (χ0) is 12.1. The number of morpholine rings is 1. The Balaban J connectivity index is 2.08. The van der Waals surface area contributed by atoms with Gasteiger partial charge in [0.2, 0.25) is 0 Å². The van der Waals surface area contributed by atoms with Crippen molar-refractivity contribution in [2.45, 2.75) is 19.1 Å². The molecule has 1 saturated heterocycles. The number of rotatable bonds is 4. The molecule has 17 heavy (non-hydrogen) atoms. The molecular weight excluding hydrogens is 214 g/mol. The van der Waals surface area contributed by atoms with Crippen LogP contribution < -0.4 is 5.32 Å². The molecule has 1 aromatic rings. The van der Waals surface area contributed by atoms with E-state index in [9.17, 15) is 0 Å². The second-order valence-electron chi connectivity index (χ2n) is 4.36. The number of hydrogen-bond donors (Lipinski definition) is 1. The Morgan fingerprint density at radius 2 is 2.53 bits per heavy atom. The molecule has 2 heterocycles. The first-order chi connectivity index (χ1) is 8.35. The Morgan fingerprint density at radius 3 is 3.18 bits per heavy atom. The average Bonchev–Trinajstić information content (AvgIpc) is 2.41. The minimum Gasteiger partial charge on any atom is -0.374 e. The summed E-state index contributed by atoms with van der Waals surface area (Å²) in [5.41, 5.74) is 1.19. The lowest BCUT2D eigenvalue weighted by atomic mass is 10.0. The van der Waals surface area contributed by atoms with E-state index < -0.39 is 0 Å². The molecule has 2 atom stereocenters. The molecule has 0 bridgehead atoms. The van der Waals surface area contributed by atoms with E-state index in [4.69, 9.17) is 4.74 Å². The lowest BCUT2D eigenvalue weighted by molar-refractivity contribution is -0.0444. The number of nitrogens with zero attached hydrogens (tertiary/aromatic N) is 2. The van der Waals surface area contributed by atoms with Crippen molar-refractivity contribution < 1.29 is 4.74 Å². The van der Waals surface area contributed by atoms with Crippen molar-refractivity contribution in [1.29, 1.82) is 0 Å². The molecule has 1 aliphatic heterocycles. The van der Waals surface area contributed by atoms with Crippen LogP contribution in [-0.2, 0) is 4.74 Å². The summed E-state index contributed by atoms with van der Waals surface area (Å²) in [7, 11) is 1.98. The number of aromatic nitrogens is 1.